The summed E-state index contributed by atoms with van der Waals surface area (Å²) in [6.07, 6.45) is 1.49. The molecule has 0 atom stereocenters. The van der Waals surface area contributed by atoms with Gasteiger partial charge in [-0.05, 0) is 0 Å². The van der Waals surface area contributed by atoms with E-state index in [1.54, 1.807) is 0 Å². The maximum atomic E-state index is 4.65. The van der Waals surface area contributed by atoms with Crippen LogP contribution >= 0.6 is 0 Å². The van der Waals surface area contributed by atoms with Crippen molar-refractivity contribution in [1.82, 2.24) is 0 Å². The van der Waals surface area contributed by atoms with Gasteiger partial charge in [0.05, 0.1) is 6.54 Å². The first-order valence-electron chi connectivity index (χ1n) is 1.60. The van der Waals surface area contributed by atoms with Crippen molar-refractivity contribution in [3.63, 3.8) is 0 Å². The number of rotatable bonds is 0. The van der Waals surface area contributed by atoms with Gasteiger partial charge < -0.3 is 38.7 Å². The van der Waals surface area contributed by atoms with Gasteiger partial charge in [0.2, 0.25) is 0 Å². The van der Waals surface area contributed by atoms with E-state index in [4.69, 9.17) is 0 Å². The van der Waals surface area contributed by atoms with Crippen molar-refractivity contribution in [2.45, 2.75) is 0 Å². The summed E-state index contributed by atoms with van der Waals surface area (Å²) in [5.74, 6) is 0. The topological polar surface area (TPSA) is 21.6 Å². The van der Waals surface area contributed by atoms with Gasteiger partial charge in [0.25, 0.3) is 0 Å². The molecule has 0 aliphatic carbocycles. The Bertz CT molecular complexity index is 55.2. The van der Waals surface area contributed by atoms with Gasteiger partial charge in [0.15, 0.2) is 6.40 Å². The van der Waals surface area contributed by atoms with E-state index in [1.807, 2.05) is 0 Å². The van der Waals surface area contributed by atoms with Crippen LogP contribution in [0.3, 0.4) is 0 Å². The van der Waals surface area contributed by atoms with Crippen LogP contribution < -0.4 is 34.0 Å². The standard InChI is InChI=1S/C3H5NO.2BrH.Pd/c1-2-5-3-4-1;;;/h3H,1-2H2;2*1H;/q;;;+2/p-2. The summed E-state index contributed by atoms with van der Waals surface area (Å²) >= 11 is 0. The molecule has 5 heteroatoms. The molecule has 1 heterocycles. The molecule has 1 aliphatic rings. The number of ether oxygens (including phenoxy) is 1. The molecule has 52 valence electrons. The summed E-state index contributed by atoms with van der Waals surface area (Å²) in [5, 5.41) is 0. The first kappa shape index (κ1) is 16.0. The number of aliphatic imine (C=N–C) groups is 1. The molecule has 2 nitrogen and oxygen atoms in total. The van der Waals surface area contributed by atoms with Crippen LogP contribution in [0.4, 0.5) is 0 Å². The van der Waals surface area contributed by atoms with Crippen LogP contribution in [0.1, 0.15) is 0 Å². The van der Waals surface area contributed by atoms with Gasteiger partial charge in [-0.15, -0.1) is 0 Å². The quantitative estimate of drug-likeness (QED) is 0.404. The third-order valence-corrected chi connectivity index (χ3v) is 0.487. The Morgan fingerprint density at radius 3 is 2.12 bits per heavy atom. The molecule has 0 radical (unpaired) electrons. The predicted octanol–water partition coefficient (Wildman–Crippen LogP) is -5.95. The molecule has 1 rings (SSSR count). The van der Waals surface area contributed by atoms with Gasteiger partial charge in [-0.1, -0.05) is 0 Å². The van der Waals surface area contributed by atoms with E-state index in [2.05, 4.69) is 9.73 Å². The minimum Gasteiger partial charge on any atom is -1.00 e. The van der Waals surface area contributed by atoms with Crippen molar-refractivity contribution in [1.29, 1.82) is 0 Å². The van der Waals surface area contributed by atoms with Crippen molar-refractivity contribution in [2.75, 3.05) is 13.2 Å². The zero-order valence-corrected chi connectivity index (χ0v) is 8.65. The molecule has 0 N–H and O–H groups in total. The summed E-state index contributed by atoms with van der Waals surface area (Å²) in [7, 11) is 0. The molecule has 0 aromatic carbocycles. The molecule has 1 aliphatic heterocycles. The molecular weight excluding hydrogens is 332 g/mol. The molecular formula is C3H5Br2NOPd. The smallest absolute Gasteiger partial charge is 1.00 e. The van der Waals surface area contributed by atoms with Gasteiger partial charge in [0, 0.05) is 0 Å². The molecule has 0 unspecified atom stereocenters. The van der Waals surface area contributed by atoms with Crippen molar-refractivity contribution < 1.29 is 59.1 Å². The van der Waals surface area contributed by atoms with Crippen LogP contribution in [0.5, 0.6) is 0 Å². The molecule has 0 bridgehead atoms. The van der Waals surface area contributed by atoms with Crippen molar-refractivity contribution in [2.24, 2.45) is 4.99 Å². The molecule has 8 heavy (non-hydrogen) atoms. The first-order chi connectivity index (χ1) is 2.50. The van der Waals surface area contributed by atoms with E-state index < -0.39 is 0 Å². The fourth-order valence-corrected chi connectivity index (χ4v) is 0.264. The van der Waals surface area contributed by atoms with E-state index in [0.29, 0.717) is 0 Å². The number of hydrogen-bond acceptors (Lipinski definition) is 2. The van der Waals surface area contributed by atoms with Gasteiger partial charge in [-0.3, -0.25) is 4.99 Å². The maximum Gasteiger partial charge on any atom is 2.00 e. The SMILES string of the molecule is C1=NCCO1.[Br-].[Br-].[Pd+2]. The van der Waals surface area contributed by atoms with E-state index >= 15 is 0 Å². The monoisotopic (exact) mass is 335 g/mol. The average molecular weight is 337 g/mol. The zero-order chi connectivity index (χ0) is 3.54. The fourth-order valence-electron chi connectivity index (χ4n) is 0.264. The van der Waals surface area contributed by atoms with Crippen LogP contribution in [-0.4, -0.2) is 19.6 Å². The van der Waals surface area contributed by atoms with Gasteiger partial charge in [-0.2, -0.15) is 0 Å². The Kier molecular flexibility index (Phi) is 22.0. The molecule has 0 spiro atoms. The van der Waals surface area contributed by atoms with Gasteiger partial charge in [-0.25, -0.2) is 0 Å². The van der Waals surface area contributed by atoms with Crippen LogP contribution in [-0.2, 0) is 25.2 Å². The van der Waals surface area contributed by atoms with E-state index in [1.165, 1.54) is 6.40 Å². The van der Waals surface area contributed by atoms with E-state index in [0.717, 1.165) is 13.2 Å². The van der Waals surface area contributed by atoms with Crippen LogP contribution in [0, 0.1) is 0 Å². The van der Waals surface area contributed by atoms with E-state index in [9.17, 15) is 0 Å². The Balaban J connectivity index is -0.0000000833. The second-order valence-electron chi connectivity index (χ2n) is 0.882. The number of nitrogens with zero attached hydrogens (tertiary/aromatic N) is 1. The second kappa shape index (κ2) is 11.0. The van der Waals surface area contributed by atoms with Gasteiger partial charge >= 0.3 is 20.4 Å². The Hall–Kier alpha value is 1.09. The molecule has 0 saturated heterocycles. The van der Waals surface area contributed by atoms with Crippen LogP contribution in [0.2, 0.25) is 0 Å². The van der Waals surface area contributed by atoms with Crippen molar-refractivity contribution >= 4 is 6.40 Å². The predicted molar refractivity (Wildman–Crippen MR) is 19.3 cm³/mol. The maximum absolute atomic E-state index is 4.65. The largest absolute Gasteiger partial charge is 2.00 e. The third-order valence-electron chi connectivity index (χ3n) is 0.487. The zero-order valence-electron chi connectivity index (χ0n) is 3.92. The van der Waals surface area contributed by atoms with Crippen molar-refractivity contribution in [3.8, 4) is 0 Å². The second-order valence-corrected chi connectivity index (χ2v) is 0.882. The molecule has 0 aromatic heterocycles. The van der Waals surface area contributed by atoms with Crippen molar-refractivity contribution in [3.05, 3.63) is 0 Å². The molecule has 0 amide bonds. The molecule has 0 fully saturated rings. The summed E-state index contributed by atoms with van der Waals surface area (Å²) in [5.41, 5.74) is 0. The van der Waals surface area contributed by atoms with Crippen LogP contribution in [0.25, 0.3) is 0 Å². The fraction of sp³-hybridized carbons (Fsp3) is 0.667. The van der Waals surface area contributed by atoms with E-state index in [-0.39, 0.29) is 54.4 Å². The number of halogens is 2. The Morgan fingerprint density at radius 2 is 2.00 bits per heavy atom. The molecule has 0 saturated carbocycles. The normalized spacial score (nSPS) is 12.0. The average Bonchev–Trinajstić information content (AvgIpc) is 1.76. The summed E-state index contributed by atoms with van der Waals surface area (Å²) in [6.45, 7) is 1.62. The first-order valence-corrected chi connectivity index (χ1v) is 1.60. The minimum absolute atomic E-state index is 0. The Labute approximate surface area is 83.3 Å². The van der Waals surface area contributed by atoms with Gasteiger partial charge in [0.1, 0.15) is 6.61 Å². The summed E-state index contributed by atoms with van der Waals surface area (Å²) in [6, 6.07) is 0. The molecule has 0 aromatic rings. The summed E-state index contributed by atoms with van der Waals surface area (Å²) < 4.78 is 4.65. The van der Waals surface area contributed by atoms with Crippen LogP contribution in [0.15, 0.2) is 4.99 Å². The Morgan fingerprint density at radius 1 is 1.38 bits per heavy atom. The summed E-state index contributed by atoms with van der Waals surface area (Å²) in [4.78, 5) is 3.74. The minimum atomic E-state index is 0. The number of hydrogen-bond donors (Lipinski definition) is 0. The third kappa shape index (κ3) is 7.09.